The minimum absolute atomic E-state index is 0.480. The summed E-state index contributed by atoms with van der Waals surface area (Å²) in [5, 5.41) is 50.3. The summed E-state index contributed by atoms with van der Waals surface area (Å²) < 4.78 is 22.7. The fourth-order valence-electron chi connectivity index (χ4n) is 2.18. The van der Waals surface area contributed by atoms with Crippen LogP contribution in [-0.4, -0.2) is 50.0 Å². The molecule has 0 aliphatic carbocycles. The Kier molecular flexibility index (Phi) is 5.33. The third-order valence-corrected chi connectivity index (χ3v) is 3.38. The first-order chi connectivity index (χ1) is 12.1. The average molecular weight is 374 g/mol. The first-order valence-corrected chi connectivity index (χ1v) is 6.83. The molecule has 1 aliphatic rings. The van der Waals surface area contributed by atoms with Crippen molar-refractivity contribution in [1.82, 2.24) is 0 Å². The molecule has 3 N–H and O–H groups in total. The summed E-state index contributed by atoms with van der Waals surface area (Å²) in [4.78, 5) is 30.9. The molecule has 13 heteroatoms. The predicted molar refractivity (Wildman–Crippen MR) is 77.5 cm³/mol. The van der Waals surface area contributed by atoms with Gasteiger partial charge in [0.25, 0.3) is 11.4 Å². The van der Waals surface area contributed by atoms with Crippen LogP contribution in [-0.2, 0) is 20.9 Å². The van der Waals surface area contributed by atoms with E-state index in [1.54, 1.807) is 0 Å². The molecule has 0 saturated carbocycles. The molecule has 0 amide bonds. The highest BCUT2D eigenvalue weighted by Gasteiger charge is 2.39. The van der Waals surface area contributed by atoms with Gasteiger partial charge in [-0.1, -0.05) is 0 Å². The summed E-state index contributed by atoms with van der Waals surface area (Å²) in [5.41, 5.74) is -2.32. The lowest BCUT2D eigenvalue weighted by Gasteiger charge is -2.17. The van der Waals surface area contributed by atoms with E-state index in [-0.39, 0.29) is 0 Å². The van der Waals surface area contributed by atoms with Crippen molar-refractivity contribution in [2.75, 3.05) is 6.61 Å². The highest BCUT2D eigenvalue weighted by molar-refractivity contribution is 5.89. The summed E-state index contributed by atoms with van der Waals surface area (Å²) in [6.45, 7) is -1.43. The second-order valence-electron chi connectivity index (χ2n) is 5.08. The topological polar surface area (TPSA) is 182 Å². The number of cyclic esters (lactones) is 1. The van der Waals surface area contributed by atoms with Gasteiger partial charge in [0.15, 0.2) is 11.9 Å². The normalized spacial score (nSPS) is 17.9. The van der Waals surface area contributed by atoms with Crippen LogP contribution in [0.1, 0.15) is 5.56 Å². The van der Waals surface area contributed by atoms with Crippen molar-refractivity contribution in [3.63, 3.8) is 0 Å². The highest BCUT2D eigenvalue weighted by atomic mass is 19.1. The minimum Gasteiger partial charge on any atom is -0.505 e. The van der Waals surface area contributed by atoms with E-state index >= 15 is 0 Å². The first kappa shape index (κ1) is 19.0. The molecule has 12 nitrogen and oxygen atoms in total. The number of rotatable bonds is 7. The van der Waals surface area contributed by atoms with Gasteiger partial charge in [-0.25, -0.2) is 9.18 Å². The zero-order chi connectivity index (χ0) is 19.6. The van der Waals surface area contributed by atoms with Gasteiger partial charge < -0.3 is 24.8 Å². The summed E-state index contributed by atoms with van der Waals surface area (Å²) in [5.74, 6) is -4.46. The number of nitrogens with zero attached hydrogens (tertiary/aromatic N) is 2. The van der Waals surface area contributed by atoms with Crippen LogP contribution in [0.15, 0.2) is 23.7 Å². The van der Waals surface area contributed by atoms with Gasteiger partial charge in [0, 0.05) is 0 Å². The van der Waals surface area contributed by atoms with E-state index in [0.717, 1.165) is 0 Å². The van der Waals surface area contributed by atoms with Crippen LogP contribution in [0.5, 0.6) is 0 Å². The van der Waals surface area contributed by atoms with Crippen molar-refractivity contribution >= 4 is 17.3 Å². The van der Waals surface area contributed by atoms with Crippen LogP contribution in [0.4, 0.5) is 15.8 Å². The molecule has 1 aromatic carbocycles. The van der Waals surface area contributed by atoms with E-state index in [4.69, 9.17) is 9.84 Å². The maximum Gasteiger partial charge on any atom is 0.377 e. The van der Waals surface area contributed by atoms with Crippen molar-refractivity contribution in [3.8, 4) is 0 Å². The second-order valence-corrected chi connectivity index (χ2v) is 5.08. The van der Waals surface area contributed by atoms with Gasteiger partial charge in [0.1, 0.15) is 17.5 Å². The van der Waals surface area contributed by atoms with Gasteiger partial charge in [-0.2, -0.15) is 0 Å². The van der Waals surface area contributed by atoms with Crippen LogP contribution >= 0.6 is 0 Å². The molecule has 2 rings (SSSR count). The number of carbonyl (C=O) groups is 1. The number of halogens is 1. The molecule has 0 spiro atoms. The Balaban J connectivity index is 2.14. The van der Waals surface area contributed by atoms with Gasteiger partial charge >= 0.3 is 5.97 Å². The second kappa shape index (κ2) is 7.28. The molecule has 0 fully saturated rings. The zero-order valence-electron chi connectivity index (χ0n) is 12.7. The number of nitro groups is 2. The monoisotopic (exact) mass is 374 g/mol. The minimum atomic E-state index is -1.68. The SMILES string of the molecule is O=C1OC(C(O)COCc2c([N+](=O)[O-])cc(F)cc2[N+](=O)[O-])C(O)=C1O. The Labute approximate surface area is 143 Å². The van der Waals surface area contributed by atoms with Crippen molar-refractivity contribution < 1.29 is 43.8 Å². The molecule has 140 valence electrons. The average Bonchev–Trinajstić information content (AvgIpc) is 2.82. The predicted octanol–water partition coefficient (Wildman–Crippen LogP) is 0.773. The Morgan fingerprint density at radius 1 is 1.23 bits per heavy atom. The Morgan fingerprint density at radius 2 is 1.77 bits per heavy atom. The molecule has 0 radical (unpaired) electrons. The number of carbonyl (C=O) groups excluding carboxylic acids is 1. The van der Waals surface area contributed by atoms with Crippen LogP contribution in [0.3, 0.4) is 0 Å². The smallest absolute Gasteiger partial charge is 0.377 e. The number of ether oxygens (including phenoxy) is 2. The van der Waals surface area contributed by atoms with E-state index in [1.807, 2.05) is 0 Å². The molecular weight excluding hydrogens is 363 g/mol. The molecule has 0 aromatic heterocycles. The number of aliphatic hydroxyl groups excluding tert-OH is 3. The third kappa shape index (κ3) is 3.68. The highest BCUT2D eigenvalue weighted by Crippen LogP contribution is 2.31. The standard InChI is InChI=1S/C13H11FN2O10/c14-5-1-7(15(21)22)6(8(2-5)16(23)24)3-25-4-9(17)12-10(18)11(19)13(20)26-12/h1-2,9,12,17-19H,3-4H2. The maximum absolute atomic E-state index is 13.3. The van der Waals surface area contributed by atoms with E-state index in [9.17, 15) is 39.6 Å². The molecule has 0 bridgehead atoms. The van der Waals surface area contributed by atoms with Gasteiger partial charge in [-0.05, 0) is 0 Å². The lowest BCUT2D eigenvalue weighted by atomic mass is 10.1. The summed E-state index contributed by atoms with van der Waals surface area (Å²) in [6, 6.07) is 0.959. The van der Waals surface area contributed by atoms with Gasteiger partial charge in [0.2, 0.25) is 5.76 Å². The fraction of sp³-hybridized carbons (Fsp3) is 0.308. The van der Waals surface area contributed by atoms with E-state index in [2.05, 4.69) is 4.74 Å². The van der Waals surface area contributed by atoms with Crippen LogP contribution in [0.2, 0.25) is 0 Å². The number of benzene rings is 1. The van der Waals surface area contributed by atoms with Gasteiger partial charge in [-0.3, -0.25) is 20.2 Å². The lowest BCUT2D eigenvalue weighted by Crippen LogP contribution is -2.32. The number of nitro benzene ring substituents is 2. The molecular formula is C13H11FN2O10. The molecule has 1 heterocycles. The van der Waals surface area contributed by atoms with E-state index in [1.165, 1.54) is 0 Å². The van der Waals surface area contributed by atoms with Crippen LogP contribution in [0, 0.1) is 26.0 Å². The van der Waals surface area contributed by atoms with Crippen molar-refractivity contribution in [3.05, 3.63) is 55.3 Å². The molecule has 0 saturated heterocycles. The lowest BCUT2D eigenvalue weighted by molar-refractivity contribution is -0.396. The zero-order valence-corrected chi connectivity index (χ0v) is 12.7. The number of hydrogen-bond donors (Lipinski definition) is 3. The maximum atomic E-state index is 13.3. The molecule has 26 heavy (non-hydrogen) atoms. The van der Waals surface area contributed by atoms with E-state index < -0.39 is 75.5 Å². The van der Waals surface area contributed by atoms with Crippen molar-refractivity contribution in [1.29, 1.82) is 0 Å². The quantitative estimate of drug-likeness (QED) is 0.350. The Hall–Kier alpha value is -3.32. The molecule has 2 atom stereocenters. The Morgan fingerprint density at radius 3 is 2.19 bits per heavy atom. The van der Waals surface area contributed by atoms with Crippen molar-refractivity contribution in [2.45, 2.75) is 18.8 Å². The fourth-order valence-corrected chi connectivity index (χ4v) is 2.18. The van der Waals surface area contributed by atoms with Crippen LogP contribution in [0.25, 0.3) is 0 Å². The molecule has 1 aliphatic heterocycles. The van der Waals surface area contributed by atoms with Crippen LogP contribution < -0.4 is 0 Å². The number of esters is 1. The largest absolute Gasteiger partial charge is 0.505 e. The number of hydrogen-bond acceptors (Lipinski definition) is 10. The summed E-state index contributed by atoms with van der Waals surface area (Å²) in [7, 11) is 0. The molecule has 1 aromatic rings. The summed E-state index contributed by atoms with van der Waals surface area (Å²) in [6.07, 6.45) is -3.30. The van der Waals surface area contributed by atoms with Gasteiger partial charge in [-0.15, -0.1) is 0 Å². The summed E-state index contributed by atoms with van der Waals surface area (Å²) >= 11 is 0. The third-order valence-electron chi connectivity index (χ3n) is 3.38. The molecule has 2 unspecified atom stereocenters. The number of aliphatic hydroxyl groups is 3. The Bertz CT molecular complexity index is 773. The van der Waals surface area contributed by atoms with Crippen molar-refractivity contribution in [2.24, 2.45) is 0 Å². The first-order valence-electron chi connectivity index (χ1n) is 6.83. The van der Waals surface area contributed by atoms with E-state index in [0.29, 0.717) is 12.1 Å². The van der Waals surface area contributed by atoms with Gasteiger partial charge in [0.05, 0.1) is 35.2 Å².